The van der Waals surface area contributed by atoms with Crippen LogP contribution in [0.25, 0.3) is 16.8 Å². The molecule has 1 aliphatic heterocycles. The number of nitrogens with zero attached hydrogens (tertiary/aromatic N) is 4. The van der Waals surface area contributed by atoms with Gasteiger partial charge in [0.25, 0.3) is 11.8 Å². The molecule has 0 spiro atoms. The topological polar surface area (TPSA) is 119 Å². The maximum Gasteiger partial charge on any atom is 0.251 e. The van der Waals surface area contributed by atoms with Crippen molar-refractivity contribution in [2.75, 3.05) is 51.3 Å². The van der Waals surface area contributed by atoms with Gasteiger partial charge in [0.1, 0.15) is 23.0 Å². The number of hydrogen-bond donors (Lipinski definition) is 3. The summed E-state index contributed by atoms with van der Waals surface area (Å²) in [6.07, 6.45) is 2.68. The fourth-order valence-corrected chi connectivity index (χ4v) is 5.93. The van der Waals surface area contributed by atoms with E-state index in [1.165, 1.54) is 36.5 Å². The summed E-state index contributed by atoms with van der Waals surface area (Å²) < 4.78 is 30.9. The third-order valence-electron chi connectivity index (χ3n) is 8.62. The number of benzene rings is 3. The molecule has 12 heteroatoms. The zero-order chi connectivity index (χ0) is 34.5. The van der Waals surface area contributed by atoms with Crippen LogP contribution in [0.5, 0.6) is 0 Å². The van der Waals surface area contributed by atoms with Gasteiger partial charge in [-0.15, -0.1) is 0 Å². The zero-order valence-corrected chi connectivity index (χ0v) is 27.0. The molecular weight excluding hydrogens is 630 g/mol. The predicted molar refractivity (Wildman–Crippen MR) is 182 cm³/mol. The highest BCUT2D eigenvalue weighted by Crippen LogP contribution is 2.25. The molecule has 2 amide bonds. The minimum absolute atomic E-state index is 0.0370. The number of ketones is 1. The number of anilines is 1. The molecule has 1 fully saturated rings. The summed E-state index contributed by atoms with van der Waals surface area (Å²) in [5.41, 5.74) is 4.05. The molecule has 0 atom stereocenters. The van der Waals surface area contributed by atoms with Crippen molar-refractivity contribution < 1.29 is 28.3 Å². The summed E-state index contributed by atoms with van der Waals surface area (Å²) in [7, 11) is 2.10. The molecule has 3 aromatic carbocycles. The lowest BCUT2D eigenvalue weighted by molar-refractivity contribution is 0.0939. The molecule has 1 aliphatic rings. The maximum absolute atomic E-state index is 14.9. The summed E-state index contributed by atoms with van der Waals surface area (Å²) in [5.74, 6) is -2.53. The first-order valence-corrected chi connectivity index (χ1v) is 16.0. The van der Waals surface area contributed by atoms with Crippen LogP contribution in [0.3, 0.4) is 0 Å². The summed E-state index contributed by atoms with van der Waals surface area (Å²) in [5, 5.41) is 14.4. The molecule has 1 saturated heterocycles. The summed E-state index contributed by atoms with van der Waals surface area (Å²) in [6.45, 7) is 3.79. The number of Topliss-reactive ketones (excluding diaryl/α,β-unsaturated/α-hetero) is 1. The first kappa shape index (κ1) is 33.4. The molecule has 6 rings (SSSR count). The van der Waals surface area contributed by atoms with Crippen molar-refractivity contribution in [3.63, 3.8) is 0 Å². The van der Waals surface area contributed by atoms with E-state index < -0.39 is 23.3 Å². The molecule has 0 radical (unpaired) electrons. The Balaban J connectivity index is 1.15. The van der Waals surface area contributed by atoms with E-state index in [4.69, 9.17) is 5.11 Å². The Kier molecular flexibility index (Phi) is 10.1. The molecule has 0 saturated carbocycles. The number of aliphatic hydroxyl groups is 1. The van der Waals surface area contributed by atoms with Crippen molar-refractivity contribution in [2.45, 2.75) is 13.0 Å². The Morgan fingerprint density at radius 2 is 1.61 bits per heavy atom. The number of aliphatic hydroxyl groups excluding tert-OH is 1. The lowest BCUT2D eigenvalue weighted by atomic mass is 10.0. The largest absolute Gasteiger partial charge is 0.395 e. The standard InChI is InChI=1S/C37H36F2N6O4/c1-43-11-13-44(14-12-43)32-5-3-2-4-26(32)22-42-36(48)25-6-7-31(39)28(16-25)20-34(47)33-23-41-35-21-24(8-10-45(33)35)27-17-29(19-30(38)18-27)37(49)40-9-15-46/h2-8,10,16-19,21,23,46H,9,11-15,20,22H2,1H3,(H,40,49)(H,42,48). The second-order valence-corrected chi connectivity index (χ2v) is 12.0. The monoisotopic (exact) mass is 666 g/mol. The molecular formula is C37H36F2N6O4. The lowest BCUT2D eigenvalue weighted by Crippen LogP contribution is -2.45. The van der Waals surface area contributed by atoms with Gasteiger partial charge >= 0.3 is 0 Å². The van der Waals surface area contributed by atoms with Gasteiger partial charge in [-0.25, -0.2) is 13.8 Å². The van der Waals surface area contributed by atoms with Gasteiger partial charge in [-0.3, -0.25) is 18.8 Å². The average molecular weight is 667 g/mol. The number of carbonyl (C=O) groups excluding carboxylic acids is 3. The minimum Gasteiger partial charge on any atom is -0.395 e. The number of fused-ring (bicyclic) bond motifs is 1. The average Bonchev–Trinajstić information content (AvgIpc) is 3.54. The van der Waals surface area contributed by atoms with E-state index in [1.807, 2.05) is 18.2 Å². The molecule has 5 aromatic rings. The van der Waals surface area contributed by atoms with Crippen LogP contribution in [0.2, 0.25) is 0 Å². The Bertz CT molecular complexity index is 2020. The molecule has 3 heterocycles. The third-order valence-corrected chi connectivity index (χ3v) is 8.62. The Morgan fingerprint density at radius 3 is 2.41 bits per heavy atom. The SMILES string of the molecule is CN1CCN(c2ccccc2CNC(=O)c2ccc(F)c(CC(=O)c3cnc4cc(-c5cc(F)cc(C(=O)NCCO)c5)ccn34)c2)CC1. The number of imidazole rings is 1. The maximum atomic E-state index is 14.9. The Labute approximate surface area is 282 Å². The fourth-order valence-electron chi connectivity index (χ4n) is 5.93. The Morgan fingerprint density at radius 1 is 0.837 bits per heavy atom. The van der Waals surface area contributed by atoms with Crippen molar-refractivity contribution in [3.05, 3.63) is 125 Å². The van der Waals surface area contributed by atoms with Gasteiger partial charge in [-0.2, -0.15) is 0 Å². The summed E-state index contributed by atoms with van der Waals surface area (Å²) in [6, 6.07) is 19.1. The number of nitrogens with one attached hydrogen (secondary N) is 2. The van der Waals surface area contributed by atoms with Crippen LogP contribution in [0.1, 0.15) is 42.3 Å². The number of carbonyl (C=O) groups is 3. The normalized spacial score (nSPS) is 13.4. The molecule has 2 aromatic heterocycles. The van der Waals surface area contributed by atoms with Crippen molar-refractivity contribution in [1.82, 2.24) is 24.9 Å². The van der Waals surface area contributed by atoms with E-state index in [0.717, 1.165) is 43.5 Å². The van der Waals surface area contributed by atoms with Crippen LogP contribution in [-0.2, 0) is 13.0 Å². The van der Waals surface area contributed by atoms with Gasteiger partial charge in [-0.05, 0) is 83.9 Å². The highest BCUT2D eigenvalue weighted by molar-refractivity contribution is 5.98. The number of likely N-dealkylation sites (N-methyl/N-ethyl adjacent to an activating group) is 1. The molecule has 3 N–H and O–H groups in total. The van der Waals surface area contributed by atoms with Crippen LogP contribution in [-0.4, -0.2) is 83.4 Å². The molecule has 252 valence electrons. The van der Waals surface area contributed by atoms with E-state index in [1.54, 1.807) is 22.7 Å². The number of rotatable bonds is 11. The first-order chi connectivity index (χ1) is 23.7. The minimum atomic E-state index is -0.612. The van der Waals surface area contributed by atoms with Crippen molar-refractivity contribution >= 4 is 28.9 Å². The van der Waals surface area contributed by atoms with E-state index in [-0.39, 0.29) is 47.9 Å². The van der Waals surface area contributed by atoms with Crippen molar-refractivity contribution in [1.29, 1.82) is 0 Å². The van der Waals surface area contributed by atoms with Crippen molar-refractivity contribution in [2.24, 2.45) is 0 Å². The molecule has 0 bridgehead atoms. The number of aromatic nitrogens is 2. The summed E-state index contributed by atoms with van der Waals surface area (Å²) >= 11 is 0. The van der Waals surface area contributed by atoms with E-state index in [0.29, 0.717) is 23.3 Å². The second kappa shape index (κ2) is 14.8. The van der Waals surface area contributed by atoms with Gasteiger partial charge in [-0.1, -0.05) is 18.2 Å². The molecule has 0 aliphatic carbocycles. The number of hydrogen-bond acceptors (Lipinski definition) is 7. The number of pyridine rings is 1. The van der Waals surface area contributed by atoms with Crippen LogP contribution in [0.15, 0.2) is 85.2 Å². The number of piperazine rings is 1. The number of halogens is 2. The number of amides is 2. The van der Waals surface area contributed by atoms with Crippen LogP contribution < -0.4 is 15.5 Å². The molecule has 10 nitrogen and oxygen atoms in total. The lowest BCUT2D eigenvalue weighted by Gasteiger charge is -2.35. The fraction of sp³-hybridized carbons (Fsp3) is 0.243. The third kappa shape index (κ3) is 7.66. The smallest absolute Gasteiger partial charge is 0.251 e. The van der Waals surface area contributed by atoms with Gasteiger partial charge < -0.3 is 25.5 Å². The van der Waals surface area contributed by atoms with Gasteiger partial charge in [0, 0.05) is 68.7 Å². The van der Waals surface area contributed by atoms with Crippen molar-refractivity contribution in [3.8, 4) is 11.1 Å². The van der Waals surface area contributed by atoms with Gasteiger partial charge in [0.15, 0.2) is 5.78 Å². The zero-order valence-electron chi connectivity index (χ0n) is 27.0. The van der Waals surface area contributed by atoms with E-state index in [9.17, 15) is 23.2 Å². The number of para-hydroxylation sites is 1. The van der Waals surface area contributed by atoms with E-state index in [2.05, 4.69) is 38.5 Å². The molecule has 49 heavy (non-hydrogen) atoms. The van der Waals surface area contributed by atoms with Gasteiger partial charge in [0.05, 0.1) is 12.8 Å². The predicted octanol–water partition coefficient (Wildman–Crippen LogP) is 4.11. The van der Waals surface area contributed by atoms with Crippen LogP contribution in [0.4, 0.5) is 14.5 Å². The molecule has 0 unspecified atom stereocenters. The highest BCUT2D eigenvalue weighted by Gasteiger charge is 2.20. The Hall–Kier alpha value is -5.46. The summed E-state index contributed by atoms with van der Waals surface area (Å²) in [4.78, 5) is 47.8. The highest BCUT2D eigenvalue weighted by atomic mass is 19.1. The van der Waals surface area contributed by atoms with E-state index >= 15 is 0 Å². The quantitative estimate of drug-likeness (QED) is 0.182. The van der Waals surface area contributed by atoms with Gasteiger partial charge in [0.2, 0.25) is 0 Å². The second-order valence-electron chi connectivity index (χ2n) is 12.0. The van der Waals surface area contributed by atoms with Crippen LogP contribution in [0, 0.1) is 11.6 Å². The van der Waals surface area contributed by atoms with Crippen LogP contribution >= 0.6 is 0 Å². The first-order valence-electron chi connectivity index (χ1n) is 16.0.